The number of rotatable bonds is 11. The van der Waals surface area contributed by atoms with Gasteiger partial charge in [0.2, 0.25) is 4.87 Å². The van der Waals surface area contributed by atoms with Crippen molar-refractivity contribution in [2.45, 2.75) is 33.5 Å². The topological polar surface area (TPSA) is 157 Å². The maximum Gasteiger partial charge on any atom is 0.339 e. The second-order valence-electron chi connectivity index (χ2n) is 8.14. The number of aliphatic hydroxyl groups excluding tert-OH is 1. The maximum absolute atomic E-state index is 13.5. The molecule has 0 radical (unpaired) electrons. The van der Waals surface area contributed by atoms with Gasteiger partial charge in [0, 0.05) is 41.4 Å². The molecule has 0 bridgehead atoms. The van der Waals surface area contributed by atoms with Gasteiger partial charge in [-0.05, 0) is 35.4 Å². The van der Waals surface area contributed by atoms with Crippen molar-refractivity contribution in [2.24, 2.45) is 11.5 Å². The number of nitrogens with two attached hydrogens (primary N) is 2. The van der Waals surface area contributed by atoms with Crippen LogP contribution in [0.1, 0.15) is 33.9 Å². The average molecular weight is 558 g/mol. The molecule has 0 spiro atoms. The first-order chi connectivity index (χ1) is 17.6. The lowest BCUT2D eigenvalue weighted by Crippen LogP contribution is -2.57. The number of nitrogens with zero attached hydrogens (tertiary/aromatic N) is 1. The Labute approximate surface area is 224 Å². The van der Waals surface area contributed by atoms with Crippen LogP contribution in [0.3, 0.4) is 0 Å². The van der Waals surface area contributed by atoms with E-state index < -0.39 is 38.5 Å². The van der Waals surface area contributed by atoms with Crippen LogP contribution < -0.4 is 11.5 Å². The van der Waals surface area contributed by atoms with Crippen molar-refractivity contribution < 1.29 is 23.4 Å². The van der Waals surface area contributed by atoms with Crippen LogP contribution in [0.25, 0.3) is 0 Å². The third kappa shape index (κ3) is 6.87. The third-order valence-corrected chi connectivity index (χ3v) is 10.1. The quantitative estimate of drug-likeness (QED) is 0.158. The highest BCUT2D eigenvalue weighted by atomic mass is 32.2. The Morgan fingerprint density at radius 1 is 1.16 bits per heavy atom. The van der Waals surface area contributed by atoms with Crippen molar-refractivity contribution in [1.29, 1.82) is 0 Å². The first-order valence-corrected chi connectivity index (χ1v) is 14.5. The summed E-state index contributed by atoms with van der Waals surface area (Å²) in [7, 11) is -4.58. The molecule has 0 amide bonds. The van der Waals surface area contributed by atoms with Crippen LogP contribution in [-0.4, -0.2) is 46.3 Å². The molecule has 8 nitrogen and oxygen atoms in total. The number of benzene rings is 2. The molecule has 1 aromatic heterocycles. The number of carbonyl (C=O) groups is 1. The Hall–Kier alpha value is -2.98. The number of carboxylic acid groups (broad SMARTS) is 1. The summed E-state index contributed by atoms with van der Waals surface area (Å²) < 4.78 is 27.7. The first kappa shape index (κ1) is 28.6. The third-order valence-electron chi connectivity index (χ3n) is 5.55. The zero-order chi connectivity index (χ0) is 27.1. The molecule has 2 aromatic carbocycles. The molecule has 0 fully saturated rings. The van der Waals surface area contributed by atoms with E-state index in [2.05, 4.69) is 23.4 Å². The second kappa shape index (κ2) is 12.5. The van der Waals surface area contributed by atoms with Crippen LogP contribution in [0.15, 0.2) is 77.1 Å². The largest absolute Gasteiger partial charge is 0.479 e. The Bertz CT molecular complexity index is 1380. The number of carboxylic acids is 1. The Balaban J connectivity index is 1.79. The van der Waals surface area contributed by atoms with E-state index in [0.29, 0.717) is 16.4 Å². The zero-order valence-electron chi connectivity index (χ0n) is 19.8. The molecule has 37 heavy (non-hydrogen) atoms. The molecule has 11 heteroatoms. The van der Waals surface area contributed by atoms with Gasteiger partial charge in [0.25, 0.3) is 0 Å². The van der Waals surface area contributed by atoms with Gasteiger partial charge in [-0.25, -0.2) is 18.2 Å². The Kier molecular flexibility index (Phi) is 9.67. The minimum absolute atomic E-state index is 0.0380. The van der Waals surface area contributed by atoms with Gasteiger partial charge in [-0.3, -0.25) is 0 Å². The molecule has 0 aliphatic carbocycles. The lowest BCUT2D eigenvalue weighted by Gasteiger charge is -2.30. The number of thioether (sulfide) groups is 1. The SMILES string of the molecule is C=CC(c1ccc(C#Cc2ccc(CN)cc2)cc1)S(=O)(=O)C(N)(CC(O)CSc1nccs1)C(=O)O. The average Bonchev–Trinajstić information content (AvgIpc) is 3.41. The van der Waals surface area contributed by atoms with E-state index in [1.54, 1.807) is 35.8 Å². The lowest BCUT2D eigenvalue weighted by molar-refractivity contribution is -0.140. The van der Waals surface area contributed by atoms with E-state index in [1.165, 1.54) is 23.1 Å². The van der Waals surface area contributed by atoms with E-state index in [0.717, 1.165) is 17.2 Å². The number of aliphatic carboxylic acids is 1. The molecule has 6 N–H and O–H groups in total. The number of hydrogen-bond donors (Lipinski definition) is 4. The highest BCUT2D eigenvalue weighted by Gasteiger charge is 2.52. The second-order valence-corrected chi connectivity index (χ2v) is 12.6. The van der Waals surface area contributed by atoms with Gasteiger partial charge < -0.3 is 21.7 Å². The monoisotopic (exact) mass is 557 g/mol. The van der Waals surface area contributed by atoms with Crippen molar-refractivity contribution in [2.75, 3.05) is 5.75 Å². The van der Waals surface area contributed by atoms with Crippen molar-refractivity contribution in [3.63, 3.8) is 0 Å². The van der Waals surface area contributed by atoms with Crippen LogP contribution >= 0.6 is 23.1 Å². The molecule has 3 aromatic rings. The fourth-order valence-electron chi connectivity index (χ4n) is 3.48. The molecule has 1 heterocycles. The Morgan fingerprint density at radius 2 is 1.76 bits per heavy atom. The summed E-state index contributed by atoms with van der Waals surface area (Å²) in [5.74, 6) is 4.32. The molecule has 3 atom stereocenters. The number of sulfone groups is 1. The number of aromatic nitrogens is 1. The number of hydrogen-bond acceptors (Lipinski definition) is 9. The van der Waals surface area contributed by atoms with Gasteiger partial charge >= 0.3 is 5.97 Å². The van der Waals surface area contributed by atoms with Crippen molar-refractivity contribution >= 4 is 38.9 Å². The van der Waals surface area contributed by atoms with E-state index in [1.807, 2.05) is 24.3 Å². The Morgan fingerprint density at radius 3 is 2.24 bits per heavy atom. The summed E-state index contributed by atoms with van der Waals surface area (Å²) in [5, 5.41) is 20.6. The minimum atomic E-state index is -4.58. The summed E-state index contributed by atoms with van der Waals surface area (Å²) in [4.78, 5) is 13.4. The molecular weight excluding hydrogens is 531 g/mol. The van der Waals surface area contributed by atoms with Gasteiger partial charge in [0.1, 0.15) is 9.59 Å². The van der Waals surface area contributed by atoms with E-state index >= 15 is 0 Å². The highest BCUT2D eigenvalue weighted by Crippen LogP contribution is 2.34. The smallest absolute Gasteiger partial charge is 0.339 e. The molecule has 3 unspecified atom stereocenters. The van der Waals surface area contributed by atoms with Crippen molar-refractivity contribution in [3.8, 4) is 11.8 Å². The van der Waals surface area contributed by atoms with Crippen molar-refractivity contribution in [1.82, 2.24) is 4.98 Å². The summed E-state index contributed by atoms with van der Waals surface area (Å²) >= 11 is 2.54. The van der Waals surface area contributed by atoms with Crippen LogP contribution in [0, 0.1) is 11.8 Å². The summed E-state index contributed by atoms with van der Waals surface area (Å²) in [6, 6.07) is 13.9. The van der Waals surface area contributed by atoms with Crippen LogP contribution in [-0.2, 0) is 21.2 Å². The molecule has 3 rings (SSSR count). The lowest BCUT2D eigenvalue weighted by atomic mass is 10.1. The number of thiazole rings is 1. The molecule has 0 saturated carbocycles. The molecule has 0 aliphatic heterocycles. The van der Waals surface area contributed by atoms with Gasteiger partial charge in [-0.1, -0.05) is 53.9 Å². The summed E-state index contributed by atoms with van der Waals surface area (Å²) in [5.41, 5.74) is 14.3. The molecule has 0 saturated heterocycles. The van der Waals surface area contributed by atoms with Crippen molar-refractivity contribution in [3.05, 3.63) is 95.0 Å². The van der Waals surface area contributed by atoms with Gasteiger partial charge in [0.15, 0.2) is 9.84 Å². The van der Waals surface area contributed by atoms with E-state index in [-0.39, 0.29) is 11.3 Å². The predicted octanol–water partition coefficient (Wildman–Crippen LogP) is 2.93. The van der Waals surface area contributed by atoms with Gasteiger partial charge in [-0.2, -0.15) is 0 Å². The van der Waals surface area contributed by atoms with Crippen LogP contribution in [0.4, 0.5) is 0 Å². The summed E-state index contributed by atoms with van der Waals surface area (Å²) in [6.45, 7) is 4.04. The maximum atomic E-state index is 13.5. The molecule has 194 valence electrons. The zero-order valence-corrected chi connectivity index (χ0v) is 22.2. The number of aliphatic hydroxyl groups is 1. The first-order valence-electron chi connectivity index (χ1n) is 11.1. The summed E-state index contributed by atoms with van der Waals surface area (Å²) in [6.07, 6.45) is 0.738. The highest BCUT2D eigenvalue weighted by molar-refractivity contribution is 8.01. The van der Waals surface area contributed by atoms with E-state index in [9.17, 15) is 23.4 Å². The van der Waals surface area contributed by atoms with Crippen LogP contribution in [0.5, 0.6) is 0 Å². The predicted molar refractivity (Wildman–Crippen MR) is 147 cm³/mol. The fourth-order valence-corrected chi connectivity index (χ4v) is 6.96. The normalized spacial score (nSPS) is 14.6. The van der Waals surface area contributed by atoms with Gasteiger partial charge in [-0.15, -0.1) is 17.9 Å². The molecule has 0 aliphatic rings. The standard InChI is InChI=1S/C26H27N3O5S3/c1-2-23(21-11-9-19(10-12-21)4-3-18-5-7-20(16-27)8-6-18)37(33,34)26(28,24(31)32)15-22(30)17-36-25-29-13-14-35-25/h2,5-14,22-23,30H,1,15-17,27-28H2,(H,31,32). The molecular formula is C26H27N3O5S3. The van der Waals surface area contributed by atoms with Crippen LogP contribution in [0.2, 0.25) is 0 Å². The minimum Gasteiger partial charge on any atom is -0.479 e. The van der Waals surface area contributed by atoms with Gasteiger partial charge in [0.05, 0.1) is 6.10 Å². The van der Waals surface area contributed by atoms with E-state index in [4.69, 9.17) is 11.5 Å². The fraction of sp³-hybridized carbons (Fsp3) is 0.231.